The third-order valence-electron chi connectivity index (χ3n) is 6.81. The molecule has 338 valence electrons. The highest BCUT2D eigenvalue weighted by Gasteiger charge is 2.23. The van der Waals surface area contributed by atoms with Crippen molar-refractivity contribution in [3.8, 4) is 0 Å². The Balaban J connectivity index is 0.000000892. The highest BCUT2D eigenvalue weighted by atomic mass is 16.6. The van der Waals surface area contributed by atoms with Gasteiger partial charge < -0.3 is 59.0 Å². The van der Waals surface area contributed by atoms with E-state index in [0.29, 0.717) is 0 Å². The molecule has 0 fully saturated rings. The second-order valence-corrected chi connectivity index (χ2v) is 16.2. The van der Waals surface area contributed by atoms with E-state index in [2.05, 4.69) is 16.0 Å². The minimum absolute atomic E-state index is 0.0138. The Morgan fingerprint density at radius 3 is 1.23 bits per heavy atom. The van der Waals surface area contributed by atoms with E-state index in [1.54, 1.807) is 62.3 Å². The van der Waals surface area contributed by atoms with Gasteiger partial charge in [0.05, 0.1) is 50.8 Å². The smallest absolute Gasteiger partial charge is 0.407 e. The van der Waals surface area contributed by atoms with E-state index in [0.717, 1.165) is 17.4 Å². The molecule has 0 aliphatic heterocycles. The third kappa shape index (κ3) is 31.7. The largest absolute Gasteiger partial charge is 0.461 e. The normalized spacial score (nSPS) is 12.5. The van der Waals surface area contributed by atoms with Crippen molar-refractivity contribution in [3.63, 3.8) is 0 Å². The number of aliphatic hydroxyl groups is 1. The van der Waals surface area contributed by atoms with Crippen molar-refractivity contribution in [2.75, 3.05) is 34.0 Å². The molecule has 0 radical (unpaired) electrons. The molecule has 0 aliphatic rings. The number of alkyl carbamates (subject to hydrolysis) is 3. The van der Waals surface area contributed by atoms with Crippen LogP contribution in [0.5, 0.6) is 0 Å². The van der Waals surface area contributed by atoms with Gasteiger partial charge in [0.2, 0.25) is 0 Å². The number of esters is 2. The van der Waals surface area contributed by atoms with Crippen LogP contribution in [-0.2, 0) is 60.8 Å². The maximum absolute atomic E-state index is 11.9. The van der Waals surface area contributed by atoms with Crippen LogP contribution in [0.1, 0.15) is 92.7 Å². The number of nitrogens with one attached hydrogen (secondary N) is 3. The molecule has 0 bridgehead atoms. The molecule has 0 saturated heterocycles. The zero-order valence-electron chi connectivity index (χ0n) is 37.0. The van der Waals surface area contributed by atoms with Gasteiger partial charge in [-0.2, -0.15) is 0 Å². The van der Waals surface area contributed by atoms with Crippen LogP contribution in [-0.4, -0.2) is 111 Å². The van der Waals surface area contributed by atoms with E-state index in [1.807, 2.05) is 60.7 Å². The van der Waals surface area contributed by atoms with Crippen LogP contribution in [0.15, 0.2) is 60.7 Å². The maximum atomic E-state index is 11.9. The van der Waals surface area contributed by atoms with Gasteiger partial charge in [0.25, 0.3) is 0 Å². The van der Waals surface area contributed by atoms with E-state index >= 15 is 0 Å². The Bertz CT molecular complexity index is 1540. The molecule has 60 heavy (non-hydrogen) atoms. The number of methoxy groups -OCH3 is 2. The van der Waals surface area contributed by atoms with Crippen molar-refractivity contribution in [1.29, 1.82) is 0 Å². The summed E-state index contributed by atoms with van der Waals surface area (Å²) in [5.41, 5.74) is -0.00297. The molecular formula is C43H67N3O14. The summed E-state index contributed by atoms with van der Waals surface area (Å²) in [5.74, 6) is -0.911. The zero-order chi connectivity index (χ0) is 45.8. The van der Waals surface area contributed by atoms with Gasteiger partial charge in [-0.3, -0.25) is 9.59 Å². The lowest BCUT2D eigenvalue weighted by molar-refractivity contribution is -0.146. The number of carbonyl (C=O) groups is 6. The van der Waals surface area contributed by atoms with Crippen molar-refractivity contribution in [3.05, 3.63) is 71.8 Å². The first kappa shape index (κ1) is 54.7. The predicted octanol–water partition coefficient (Wildman–Crippen LogP) is 5.78. The average Bonchev–Trinajstić information content (AvgIpc) is 3.12. The van der Waals surface area contributed by atoms with Crippen LogP contribution in [0, 0.1) is 0 Å². The van der Waals surface area contributed by atoms with Crippen molar-refractivity contribution < 1.29 is 67.0 Å². The Kier molecular flexibility index (Phi) is 26.5. The van der Waals surface area contributed by atoms with E-state index in [-0.39, 0.29) is 58.3 Å². The van der Waals surface area contributed by atoms with Crippen LogP contribution in [0.3, 0.4) is 0 Å². The molecule has 0 spiro atoms. The van der Waals surface area contributed by atoms with Crippen molar-refractivity contribution >= 4 is 36.5 Å². The maximum Gasteiger partial charge on any atom is 0.407 e. The fourth-order valence-corrected chi connectivity index (χ4v) is 4.42. The minimum Gasteiger partial charge on any atom is -0.461 e. The van der Waals surface area contributed by atoms with E-state index < -0.39 is 59.1 Å². The van der Waals surface area contributed by atoms with Crippen LogP contribution in [0.25, 0.3) is 0 Å². The molecule has 0 saturated carbocycles. The Morgan fingerprint density at radius 1 is 0.567 bits per heavy atom. The summed E-state index contributed by atoms with van der Waals surface area (Å²) in [6.45, 7) is 16.3. The first-order chi connectivity index (χ1) is 28.0. The van der Waals surface area contributed by atoms with Crippen LogP contribution < -0.4 is 16.0 Å². The first-order valence-corrected chi connectivity index (χ1v) is 19.4. The molecule has 17 heteroatoms. The summed E-state index contributed by atoms with van der Waals surface area (Å²) in [6, 6.07) is 17.1. The van der Waals surface area contributed by atoms with Gasteiger partial charge in [0.1, 0.15) is 36.3 Å². The number of amides is 3. The number of aliphatic hydroxyl groups excluding tert-OH is 1. The van der Waals surface area contributed by atoms with Crippen LogP contribution in [0.2, 0.25) is 0 Å². The predicted molar refractivity (Wildman–Crippen MR) is 223 cm³/mol. The number of benzene rings is 2. The molecule has 17 nitrogen and oxygen atoms in total. The number of carbonyl (C=O) groups excluding carboxylic acids is 6. The van der Waals surface area contributed by atoms with Crippen LogP contribution >= 0.6 is 0 Å². The SMILES string of the molecule is CC(C)(C)OC(=O)N[C@H](CO)CC(=O)OCc1ccccc1.COC[C@H](CC(=O)OCc1ccccc1)NC(=O)OC(C)(C)C.COC[C@H](CC=O)NC(=O)OC(C)(C)C. The molecule has 0 heterocycles. The fraction of sp³-hybridized carbons (Fsp3) is 0.581. The zero-order valence-corrected chi connectivity index (χ0v) is 37.0. The molecule has 2 rings (SSSR count). The summed E-state index contributed by atoms with van der Waals surface area (Å²) >= 11 is 0. The second kappa shape index (κ2) is 29.0. The number of rotatable bonds is 18. The van der Waals surface area contributed by atoms with Gasteiger partial charge in [0.15, 0.2) is 0 Å². The molecule has 3 amide bonds. The van der Waals surface area contributed by atoms with Gasteiger partial charge in [-0.05, 0) is 73.4 Å². The number of hydrogen-bond acceptors (Lipinski definition) is 14. The molecule has 0 unspecified atom stereocenters. The quantitative estimate of drug-likeness (QED) is 0.0793. The average molecular weight is 850 g/mol. The summed E-state index contributed by atoms with van der Waals surface area (Å²) in [5, 5.41) is 16.8. The Hall–Kier alpha value is -5.26. The molecule has 2 aromatic carbocycles. The molecule has 0 aromatic heterocycles. The number of aldehydes is 1. The number of ether oxygens (including phenoxy) is 7. The molecular weight excluding hydrogens is 782 g/mol. The first-order valence-electron chi connectivity index (χ1n) is 19.4. The third-order valence-corrected chi connectivity index (χ3v) is 6.81. The molecule has 3 atom stereocenters. The second-order valence-electron chi connectivity index (χ2n) is 16.2. The lowest BCUT2D eigenvalue weighted by Gasteiger charge is -2.23. The van der Waals surface area contributed by atoms with Gasteiger partial charge in [0, 0.05) is 20.6 Å². The molecule has 2 aromatic rings. The Labute approximate surface area is 354 Å². The summed E-state index contributed by atoms with van der Waals surface area (Å²) < 4.78 is 35.5. The van der Waals surface area contributed by atoms with Crippen molar-refractivity contribution in [2.24, 2.45) is 0 Å². The minimum atomic E-state index is -0.738. The van der Waals surface area contributed by atoms with Gasteiger partial charge in [-0.1, -0.05) is 60.7 Å². The Morgan fingerprint density at radius 2 is 0.900 bits per heavy atom. The highest BCUT2D eigenvalue weighted by Crippen LogP contribution is 2.10. The standard InChI is InChI=1S/C17H25NO5.C16H23NO5.C10H19NO4/c1-17(2,3)23-16(20)18-14(12-21-4)10-15(19)22-11-13-8-6-5-7-9-13;1-16(2,3)22-15(20)17-13(10-18)9-14(19)21-11-12-7-5-4-6-8-12;1-10(2,3)15-9(13)11-8(5-6-12)7-14-4/h5-9,14H,10-12H2,1-4H3,(H,18,20);4-8,13,18H,9-11H2,1-3H3,(H,17,20);6,8H,5,7H2,1-4H3,(H,11,13)/t14-;13-;8-/m000/s1. The van der Waals surface area contributed by atoms with Gasteiger partial charge in [-0.25, -0.2) is 14.4 Å². The summed E-state index contributed by atoms with van der Waals surface area (Å²) in [4.78, 5) is 68.6. The van der Waals surface area contributed by atoms with E-state index in [1.165, 1.54) is 14.2 Å². The van der Waals surface area contributed by atoms with E-state index in [9.17, 15) is 33.9 Å². The summed E-state index contributed by atoms with van der Waals surface area (Å²) in [7, 11) is 3.01. The highest BCUT2D eigenvalue weighted by molar-refractivity contribution is 5.73. The lowest BCUT2D eigenvalue weighted by atomic mass is 10.2. The van der Waals surface area contributed by atoms with Crippen molar-refractivity contribution in [1.82, 2.24) is 16.0 Å². The summed E-state index contributed by atoms with van der Waals surface area (Å²) in [6.07, 6.45) is -0.958. The lowest BCUT2D eigenvalue weighted by Crippen LogP contribution is -2.42. The fourth-order valence-electron chi connectivity index (χ4n) is 4.42. The van der Waals surface area contributed by atoms with Crippen LogP contribution in [0.4, 0.5) is 14.4 Å². The molecule has 0 aliphatic carbocycles. The van der Waals surface area contributed by atoms with E-state index in [4.69, 9.17) is 33.2 Å². The monoisotopic (exact) mass is 849 g/mol. The van der Waals surface area contributed by atoms with Crippen molar-refractivity contribution in [2.45, 2.75) is 130 Å². The molecule has 4 N–H and O–H groups in total. The topological polar surface area (TPSA) is 223 Å². The number of hydrogen-bond donors (Lipinski definition) is 4. The van der Waals surface area contributed by atoms with Gasteiger partial charge in [-0.15, -0.1) is 0 Å². The van der Waals surface area contributed by atoms with Gasteiger partial charge >= 0.3 is 30.2 Å².